The predicted octanol–water partition coefficient (Wildman–Crippen LogP) is 11.0. The van der Waals surface area contributed by atoms with E-state index in [1.165, 1.54) is 208 Å². The van der Waals surface area contributed by atoms with Crippen LogP contribution in [0.2, 0.25) is 0 Å². The Morgan fingerprint density at radius 2 is 0.776 bits per heavy atom. The van der Waals surface area contributed by atoms with E-state index < -0.39 is 54.6 Å². The van der Waals surface area contributed by atoms with Crippen molar-refractivity contribution in [3.8, 4) is 0 Å². The first-order valence-electron chi connectivity index (χ1n) is 23.8. The first-order chi connectivity index (χ1) is 28.1. The molecule has 1 aliphatic heterocycles. The second-order valence-corrected chi connectivity index (χ2v) is 16.6. The smallest absolute Gasteiger partial charge is 0.303 e. The Hall–Kier alpha value is -2.24. The lowest BCUT2D eigenvalue weighted by molar-refractivity contribution is -0.308. The zero-order chi connectivity index (χ0) is 42.5. The van der Waals surface area contributed by atoms with E-state index in [4.69, 9.17) is 28.4 Å². The summed E-state index contributed by atoms with van der Waals surface area (Å²) in [5.74, 6) is -2.53. The lowest BCUT2D eigenvalue weighted by atomic mass is 9.98. The highest BCUT2D eigenvalue weighted by Gasteiger charge is 2.52. The SMILES string of the molecule is CCCCCCCCCCCCCCCCCCNCCCCCCCCCCCCCCCO[C@@H]1O[C@H](COC(C)=O)[C@H](OC(C)=O)[C@H](OC(C)=O)[C@H]1OC(C)=O. The molecular weight excluding hydrogens is 739 g/mol. The van der Waals surface area contributed by atoms with E-state index in [1.807, 2.05) is 0 Å². The van der Waals surface area contributed by atoms with Crippen LogP contribution in [0.4, 0.5) is 0 Å². The number of ether oxygens (including phenoxy) is 6. The van der Waals surface area contributed by atoms with Crippen LogP contribution in [-0.4, -0.2) is 80.9 Å². The molecule has 0 radical (unpaired) electrons. The van der Waals surface area contributed by atoms with Gasteiger partial charge in [0.15, 0.2) is 24.6 Å². The Bertz CT molecular complexity index is 1030. The molecule has 1 aliphatic rings. The Kier molecular flexibility index (Phi) is 35.0. The Morgan fingerprint density at radius 1 is 0.431 bits per heavy atom. The number of carbonyl (C=O) groups is 4. The molecular formula is C47H87NO10. The summed E-state index contributed by atoms with van der Waals surface area (Å²) >= 11 is 0. The van der Waals surface area contributed by atoms with Crippen LogP contribution in [0, 0.1) is 0 Å². The van der Waals surface area contributed by atoms with E-state index in [1.54, 1.807) is 0 Å². The Balaban J connectivity index is 2.01. The van der Waals surface area contributed by atoms with Crippen LogP contribution in [0.25, 0.3) is 0 Å². The summed E-state index contributed by atoms with van der Waals surface area (Å²) in [5, 5.41) is 3.66. The fourth-order valence-corrected chi connectivity index (χ4v) is 7.74. The molecule has 11 nitrogen and oxygen atoms in total. The molecule has 1 fully saturated rings. The van der Waals surface area contributed by atoms with Crippen molar-refractivity contribution in [2.24, 2.45) is 0 Å². The summed E-state index contributed by atoms with van der Waals surface area (Å²) in [6.07, 6.45) is 32.8. The summed E-state index contributed by atoms with van der Waals surface area (Å²) in [6, 6.07) is 0. The standard InChI is InChI=1S/C47H87NO10/c1-6-7-8-9-10-11-12-13-14-15-17-20-23-26-29-32-35-48-36-33-30-27-24-21-18-16-19-22-25-28-31-34-37-53-47-46(57-42(5)52)45(56-41(4)51)44(55-40(3)50)43(58-47)38-54-39(2)49/h43-48H,6-38H2,1-5H3/t43-,44+,45+,46-,47-/m1/s1. The van der Waals surface area contributed by atoms with Crippen LogP contribution in [-0.2, 0) is 47.6 Å². The Morgan fingerprint density at radius 3 is 1.16 bits per heavy atom. The zero-order valence-corrected chi connectivity index (χ0v) is 37.8. The third-order valence-corrected chi connectivity index (χ3v) is 10.9. The quantitative estimate of drug-likeness (QED) is 0.0360. The molecule has 1 heterocycles. The summed E-state index contributed by atoms with van der Waals surface area (Å²) in [6.45, 7) is 9.55. The number of carbonyl (C=O) groups excluding carboxylic acids is 4. The van der Waals surface area contributed by atoms with E-state index in [0.29, 0.717) is 6.61 Å². The monoisotopic (exact) mass is 826 g/mol. The van der Waals surface area contributed by atoms with Gasteiger partial charge in [0.25, 0.3) is 0 Å². The molecule has 340 valence electrons. The molecule has 11 heteroatoms. The van der Waals surface area contributed by atoms with Gasteiger partial charge in [-0.25, -0.2) is 0 Å². The number of unbranched alkanes of at least 4 members (excludes halogenated alkanes) is 27. The van der Waals surface area contributed by atoms with Crippen LogP contribution in [0.1, 0.15) is 221 Å². The normalized spacial score (nSPS) is 19.2. The average Bonchev–Trinajstić information content (AvgIpc) is 3.17. The van der Waals surface area contributed by atoms with E-state index in [-0.39, 0.29) is 6.61 Å². The molecule has 0 aromatic rings. The van der Waals surface area contributed by atoms with Gasteiger partial charge in [0, 0.05) is 34.3 Å². The van der Waals surface area contributed by atoms with Crippen molar-refractivity contribution in [2.45, 2.75) is 252 Å². The second-order valence-electron chi connectivity index (χ2n) is 16.6. The van der Waals surface area contributed by atoms with Gasteiger partial charge in [-0.3, -0.25) is 19.2 Å². The van der Waals surface area contributed by atoms with E-state index in [2.05, 4.69) is 12.2 Å². The minimum atomic E-state index is -1.21. The van der Waals surface area contributed by atoms with Gasteiger partial charge in [-0.15, -0.1) is 0 Å². The highest BCUT2D eigenvalue weighted by Crippen LogP contribution is 2.30. The number of nitrogens with one attached hydrogen (secondary N) is 1. The molecule has 0 aromatic carbocycles. The zero-order valence-electron chi connectivity index (χ0n) is 37.8. The van der Waals surface area contributed by atoms with Crippen LogP contribution >= 0.6 is 0 Å². The minimum Gasteiger partial charge on any atom is -0.463 e. The number of hydrogen-bond acceptors (Lipinski definition) is 11. The highest BCUT2D eigenvalue weighted by atomic mass is 16.7. The average molecular weight is 826 g/mol. The molecule has 5 atom stereocenters. The van der Waals surface area contributed by atoms with Crippen molar-refractivity contribution in [2.75, 3.05) is 26.3 Å². The third-order valence-electron chi connectivity index (χ3n) is 10.9. The molecule has 0 aliphatic carbocycles. The fourth-order valence-electron chi connectivity index (χ4n) is 7.74. The third kappa shape index (κ3) is 30.8. The summed E-state index contributed by atoms with van der Waals surface area (Å²) < 4.78 is 33.4. The van der Waals surface area contributed by atoms with Crippen molar-refractivity contribution in [1.82, 2.24) is 5.32 Å². The fraction of sp³-hybridized carbons (Fsp3) is 0.915. The number of rotatable bonds is 39. The summed E-state index contributed by atoms with van der Waals surface area (Å²) in [4.78, 5) is 47.4. The topological polar surface area (TPSA) is 136 Å². The maximum Gasteiger partial charge on any atom is 0.303 e. The number of esters is 4. The van der Waals surface area contributed by atoms with Gasteiger partial charge in [-0.1, -0.05) is 174 Å². The number of hydrogen-bond donors (Lipinski definition) is 1. The molecule has 1 N–H and O–H groups in total. The largest absolute Gasteiger partial charge is 0.463 e. The van der Waals surface area contributed by atoms with Gasteiger partial charge in [0.05, 0.1) is 0 Å². The maximum absolute atomic E-state index is 12.0. The van der Waals surface area contributed by atoms with Crippen molar-refractivity contribution in [3.05, 3.63) is 0 Å². The molecule has 0 spiro atoms. The van der Waals surface area contributed by atoms with E-state index >= 15 is 0 Å². The van der Waals surface area contributed by atoms with Crippen molar-refractivity contribution in [3.63, 3.8) is 0 Å². The molecule has 1 rings (SSSR count). The lowest BCUT2D eigenvalue weighted by Crippen LogP contribution is -2.63. The van der Waals surface area contributed by atoms with Gasteiger partial charge >= 0.3 is 23.9 Å². The molecule has 58 heavy (non-hydrogen) atoms. The predicted molar refractivity (Wildman–Crippen MR) is 230 cm³/mol. The van der Waals surface area contributed by atoms with Crippen molar-refractivity contribution >= 4 is 23.9 Å². The first kappa shape index (κ1) is 53.8. The van der Waals surface area contributed by atoms with Crippen molar-refractivity contribution in [1.29, 1.82) is 0 Å². The molecule has 0 amide bonds. The van der Waals surface area contributed by atoms with Crippen LogP contribution in [0.15, 0.2) is 0 Å². The maximum atomic E-state index is 12.0. The highest BCUT2D eigenvalue weighted by molar-refractivity contribution is 5.68. The lowest BCUT2D eigenvalue weighted by Gasteiger charge is -2.44. The van der Waals surface area contributed by atoms with Gasteiger partial charge in [0.1, 0.15) is 12.7 Å². The summed E-state index contributed by atoms with van der Waals surface area (Å²) in [5.41, 5.74) is 0. The van der Waals surface area contributed by atoms with Crippen LogP contribution < -0.4 is 5.32 Å². The van der Waals surface area contributed by atoms with Crippen LogP contribution in [0.3, 0.4) is 0 Å². The molecule has 0 unspecified atom stereocenters. The van der Waals surface area contributed by atoms with E-state index in [9.17, 15) is 19.2 Å². The van der Waals surface area contributed by atoms with Gasteiger partial charge in [-0.05, 0) is 32.4 Å². The molecule has 1 saturated heterocycles. The second kappa shape index (κ2) is 37.7. The molecule has 0 bridgehead atoms. The molecule has 0 aromatic heterocycles. The minimum absolute atomic E-state index is 0.269. The summed E-state index contributed by atoms with van der Waals surface area (Å²) in [7, 11) is 0. The first-order valence-corrected chi connectivity index (χ1v) is 23.8. The van der Waals surface area contributed by atoms with E-state index in [0.717, 1.165) is 19.3 Å². The molecule has 0 saturated carbocycles. The Labute approximate surface area is 353 Å². The van der Waals surface area contributed by atoms with Crippen molar-refractivity contribution < 1.29 is 47.6 Å². The van der Waals surface area contributed by atoms with Crippen LogP contribution in [0.5, 0.6) is 0 Å². The van der Waals surface area contributed by atoms with Gasteiger partial charge in [-0.2, -0.15) is 0 Å². The van der Waals surface area contributed by atoms with Gasteiger partial charge in [0.2, 0.25) is 0 Å². The van der Waals surface area contributed by atoms with Gasteiger partial charge < -0.3 is 33.7 Å².